The van der Waals surface area contributed by atoms with Crippen LogP contribution in [-0.4, -0.2) is 23.9 Å². The number of amides is 1. The van der Waals surface area contributed by atoms with E-state index in [1.165, 1.54) is 116 Å². The van der Waals surface area contributed by atoms with Crippen molar-refractivity contribution in [2.75, 3.05) is 13.1 Å². The molecule has 1 heterocycles. The molecular formula is C33H61NO. The fourth-order valence-electron chi connectivity index (χ4n) is 5.06. The van der Waals surface area contributed by atoms with Crippen molar-refractivity contribution < 1.29 is 4.79 Å². The Hall–Kier alpha value is -1.05. The fourth-order valence-corrected chi connectivity index (χ4v) is 5.06. The minimum Gasteiger partial charge on any atom is -0.343 e. The molecule has 1 aliphatic rings. The number of rotatable bonds is 24. The Kier molecular flexibility index (Phi) is 22.5. The second kappa shape index (κ2) is 24.6. The smallest absolute Gasteiger partial charge is 0.222 e. The number of nitrogens with zero attached hydrogens (tertiary/aromatic N) is 1. The molecule has 0 aromatic heterocycles. The molecule has 1 unspecified atom stereocenters. The summed E-state index contributed by atoms with van der Waals surface area (Å²) in [6.07, 6.45) is 39.5. The summed E-state index contributed by atoms with van der Waals surface area (Å²) in [6.45, 7) is 6.68. The molecule has 2 nitrogen and oxygen atoms in total. The van der Waals surface area contributed by atoms with Crippen molar-refractivity contribution in [3.8, 4) is 0 Å². The number of likely N-dealkylation sites (tertiary alicyclic amines) is 1. The summed E-state index contributed by atoms with van der Waals surface area (Å²) in [5.74, 6) is 1.30. The van der Waals surface area contributed by atoms with E-state index in [1.807, 2.05) is 4.90 Å². The first-order valence-electron chi connectivity index (χ1n) is 15.8. The average Bonchev–Trinajstić information content (AvgIpc) is 3.41. The van der Waals surface area contributed by atoms with Gasteiger partial charge in [0.2, 0.25) is 5.91 Å². The van der Waals surface area contributed by atoms with E-state index in [0.717, 1.165) is 51.1 Å². The van der Waals surface area contributed by atoms with Crippen molar-refractivity contribution in [2.45, 2.75) is 162 Å². The number of carbonyl (C=O) groups excluding carboxylic acids is 1. The summed E-state index contributed by atoms with van der Waals surface area (Å²) >= 11 is 0. The zero-order valence-electron chi connectivity index (χ0n) is 23.9. The molecule has 0 aromatic carbocycles. The first kappa shape index (κ1) is 32.0. The maximum atomic E-state index is 12.0. The molecule has 0 aromatic rings. The maximum absolute atomic E-state index is 12.0. The molecule has 1 fully saturated rings. The van der Waals surface area contributed by atoms with Crippen molar-refractivity contribution in [1.82, 2.24) is 4.90 Å². The molecule has 0 radical (unpaired) electrons. The van der Waals surface area contributed by atoms with Gasteiger partial charge in [0.25, 0.3) is 0 Å². The van der Waals surface area contributed by atoms with E-state index in [2.05, 4.69) is 38.2 Å². The van der Waals surface area contributed by atoms with E-state index in [0.29, 0.717) is 5.91 Å². The molecule has 35 heavy (non-hydrogen) atoms. The third-order valence-corrected chi connectivity index (χ3v) is 7.82. The summed E-state index contributed by atoms with van der Waals surface area (Å²) in [5.41, 5.74) is 0. The lowest BCUT2D eigenvalue weighted by Crippen LogP contribution is -2.27. The van der Waals surface area contributed by atoms with Gasteiger partial charge in [0.05, 0.1) is 0 Å². The Morgan fingerprint density at radius 1 is 0.629 bits per heavy atom. The monoisotopic (exact) mass is 487 g/mol. The molecule has 0 saturated carbocycles. The van der Waals surface area contributed by atoms with Gasteiger partial charge in [-0.1, -0.05) is 128 Å². The zero-order valence-corrected chi connectivity index (χ0v) is 23.9. The maximum Gasteiger partial charge on any atom is 0.222 e. The lowest BCUT2D eigenvalue weighted by Gasteiger charge is -2.14. The van der Waals surface area contributed by atoms with Crippen molar-refractivity contribution in [1.29, 1.82) is 0 Å². The number of unbranched alkanes of at least 4 members (excludes halogenated alkanes) is 15. The molecule has 0 aliphatic carbocycles. The van der Waals surface area contributed by atoms with Crippen LogP contribution in [0.25, 0.3) is 0 Å². The molecule has 204 valence electrons. The lowest BCUT2D eigenvalue weighted by molar-refractivity contribution is -0.130. The van der Waals surface area contributed by atoms with Gasteiger partial charge >= 0.3 is 0 Å². The van der Waals surface area contributed by atoms with Crippen molar-refractivity contribution in [3.63, 3.8) is 0 Å². The highest BCUT2D eigenvalue weighted by Crippen LogP contribution is 2.16. The van der Waals surface area contributed by atoms with E-state index < -0.39 is 0 Å². The Morgan fingerprint density at radius 2 is 1.06 bits per heavy atom. The normalized spacial score (nSPS) is 15.1. The SMILES string of the molecule is CCC(C)CCCCCCCCCCCCCCCC=CCCC=CCCCC(=O)N1CCCC1. The van der Waals surface area contributed by atoms with Gasteiger partial charge in [0.15, 0.2) is 0 Å². The molecule has 1 atom stereocenters. The third kappa shape index (κ3) is 20.8. The molecule has 1 aliphatic heterocycles. The predicted molar refractivity (Wildman–Crippen MR) is 156 cm³/mol. The summed E-state index contributed by atoms with van der Waals surface area (Å²) in [7, 11) is 0. The molecule has 1 amide bonds. The van der Waals surface area contributed by atoms with Crippen LogP contribution in [-0.2, 0) is 4.79 Å². The lowest BCUT2D eigenvalue weighted by atomic mass is 9.99. The predicted octanol–water partition coefficient (Wildman–Crippen LogP) is 10.6. The first-order valence-corrected chi connectivity index (χ1v) is 15.8. The highest BCUT2D eigenvalue weighted by Gasteiger charge is 2.16. The van der Waals surface area contributed by atoms with Crippen LogP contribution in [0.15, 0.2) is 24.3 Å². The molecule has 1 saturated heterocycles. The van der Waals surface area contributed by atoms with Crippen molar-refractivity contribution in [3.05, 3.63) is 24.3 Å². The second-order valence-corrected chi connectivity index (χ2v) is 11.2. The van der Waals surface area contributed by atoms with Gasteiger partial charge in [-0.25, -0.2) is 0 Å². The number of hydrogen-bond donors (Lipinski definition) is 0. The molecule has 1 rings (SSSR count). The summed E-state index contributed by atoms with van der Waals surface area (Å²) in [6, 6.07) is 0. The molecular weight excluding hydrogens is 426 g/mol. The van der Waals surface area contributed by atoms with Gasteiger partial charge in [-0.3, -0.25) is 4.79 Å². The van der Waals surface area contributed by atoms with Crippen LogP contribution in [0.3, 0.4) is 0 Å². The van der Waals surface area contributed by atoms with Gasteiger partial charge in [-0.2, -0.15) is 0 Å². The average molecular weight is 488 g/mol. The van der Waals surface area contributed by atoms with Gasteiger partial charge in [0.1, 0.15) is 0 Å². The van der Waals surface area contributed by atoms with Gasteiger partial charge in [0, 0.05) is 19.5 Å². The Labute approximate surface area is 220 Å². The highest BCUT2D eigenvalue weighted by atomic mass is 16.2. The summed E-state index contributed by atoms with van der Waals surface area (Å²) < 4.78 is 0. The zero-order chi connectivity index (χ0) is 25.2. The highest BCUT2D eigenvalue weighted by molar-refractivity contribution is 5.76. The van der Waals surface area contributed by atoms with E-state index in [-0.39, 0.29) is 0 Å². The molecule has 0 spiro atoms. The number of allylic oxidation sites excluding steroid dienone is 4. The second-order valence-electron chi connectivity index (χ2n) is 11.2. The minimum absolute atomic E-state index is 0.364. The summed E-state index contributed by atoms with van der Waals surface area (Å²) in [4.78, 5) is 14.0. The van der Waals surface area contributed by atoms with Crippen LogP contribution < -0.4 is 0 Å². The molecule has 0 N–H and O–H groups in total. The summed E-state index contributed by atoms with van der Waals surface area (Å²) in [5, 5.41) is 0. The van der Waals surface area contributed by atoms with Gasteiger partial charge < -0.3 is 4.90 Å². The van der Waals surface area contributed by atoms with Crippen LogP contribution in [0.5, 0.6) is 0 Å². The standard InChI is InChI=1S/C33H61NO/c1-3-32(2)28-24-22-20-18-16-14-12-10-8-6-4-5-7-9-11-13-15-17-19-21-23-25-29-33(35)34-30-26-27-31-34/h11,13,19,21,32H,3-10,12,14-18,20,22-31H2,1-2H3. The fraction of sp³-hybridized carbons (Fsp3) is 0.848. The van der Waals surface area contributed by atoms with E-state index in [9.17, 15) is 4.79 Å². The van der Waals surface area contributed by atoms with E-state index in [1.54, 1.807) is 0 Å². The van der Waals surface area contributed by atoms with Crippen LogP contribution in [0.1, 0.15) is 162 Å². The quantitative estimate of drug-likeness (QED) is 0.0979. The Morgan fingerprint density at radius 3 is 1.57 bits per heavy atom. The number of hydrogen-bond acceptors (Lipinski definition) is 1. The van der Waals surface area contributed by atoms with Gasteiger partial charge in [-0.15, -0.1) is 0 Å². The van der Waals surface area contributed by atoms with Crippen molar-refractivity contribution in [2.24, 2.45) is 5.92 Å². The van der Waals surface area contributed by atoms with Crippen LogP contribution in [0.4, 0.5) is 0 Å². The van der Waals surface area contributed by atoms with Crippen LogP contribution in [0, 0.1) is 5.92 Å². The largest absolute Gasteiger partial charge is 0.343 e. The van der Waals surface area contributed by atoms with Crippen LogP contribution >= 0.6 is 0 Å². The Balaban J connectivity index is 1.72. The molecule has 2 heteroatoms. The van der Waals surface area contributed by atoms with E-state index in [4.69, 9.17) is 0 Å². The first-order chi connectivity index (χ1) is 17.2. The third-order valence-electron chi connectivity index (χ3n) is 7.82. The Bertz CT molecular complexity index is 517. The number of carbonyl (C=O) groups is 1. The van der Waals surface area contributed by atoms with Crippen LogP contribution in [0.2, 0.25) is 0 Å². The minimum atomic E-state index is 0.364. The molecule has 0 bridgehead atoms. The van der Waals surface area contributed by atoms with Gasteiger partial charge in [-0.05, 0) is 57.3 Å². The topological polar surface area (TPSA) is 20.3 Å². The van der Waals surface area contributed by atoms with E-state index >= 15 is 0 Å². The van der Waals surface area contributed by atoms with Crippen molar-refractivity contribution >= 4 is 5.91 Å².